The molecule has 2 atom stereocenters. The van der Waals surface area contributed by atoms with E-state index in [2.05, 4.69) is 26.0 Å². The van der Waals surface area contributed by atoms with Gasteiger partial charge in [-0.25, -0.2) is 0 Å². The Morgan fingerprint density at radius 1 is 0.878 bits per heavy atom. The maximum atomic E-state index is 14.4. The number of methoxy groups -OCH3 is 2. The molecule has 250 valence electrons. The Bertz CT molecular complexity index is 1850. The van der Waals surface area contributed by atoms with Crippen molar-refractivity contribution in [2.75, 3.05) is 51.8 Å². The molecule has 10 nitrogen and oxygen atoms in total. The number of nitrogens with zero attached hydrogens (tertiary/aromatic N) is 4. The number of benzene rings is 3. The molecule has 3 aromatic carbocycles. The van der Waals surface area contributed by atoms with Crippen molar-refractivity contribution in [1.82, 2.24) is 20.1 Å². The van der Waals surface area contributed by atoms with Gasteiger partial charge in [-0.3, -0.25) is 29.2 Å². The number of carbonyl (C=O) groups excluding carboxylic acids is 3. The van der Waals surface area contributed by atoms with Gasteiger partial charge in [0.2, 0.25) is 0 Å². The van der Waals surface area contributed by atoms with Crippen LogP contribution in [0.2, 0.25) is 0 Å². The van der Waals surface area contributed by atoms with Crippen molar-refractivity contribution < 1.29 is 23.9 Å². The summed E-state index contributed by atoms with van der Waals surface area (Å²) in [5.41, 5.74) is 3.85. The molecule has 6 rings (SSSR count). The molecule has 0 saturated carbocycles. The monoisotopic (exact) mass is 657 g/mol. The number of anilines is 1. The number of amides is 3. The molecule has 0 radical (unpaired) electrons. The highest BCUT2D eigenvalue weighted by molar-refractivity contribution is 6.24. The Balaban J connectivity index is 1.23. The lowest BCUT2D eigenvalue weighted by Gasteiger charge is -2.39. The average molecular weight is 658 g/mol. The summed E-state index contributed by atoms with van der Waals surface area (Å²) in [6, 6.07) is 23.5. The van der Waals surface area contributed by atoms with Gasteiger partial charge in [0.25, 0.3) is 17.7 Å². The van der Waals surface area contributed by atoms with E-state index >= 15 is 0 Å². The van der Waals surface area contributed by atoms with E-state index in [9.17, 15) is 14.4 Å². The molecule has 2 aliphatic heterocycles. The second-order valence-electron chi connectivity index (χ2n) is 11.9. The third-order valence-electron chi connectivity index (χ3n) is 9.20. The number of carbonyl (C=O) groups is 3. The van der Waals surface area contributed by atoms with Crippen molar-refractivity contribution >= 4 is 23.4 Å². The van der Waals surface area contributed by atoms with Crippen molar-refractivity contribution in [1.29, 1.82) is 0 Å². The number of aromatic nitrogens is 1. The molecule has 10 heteroatoms. The molecule has 3 heterocycles. The summed E-state index contributed by atoms with van der Waals surface area (Å²) in [7, 11) is 3.10. The smallest absolute Gasteiger partial charge is 0.264 e. The molecular formula is C39H39N5O5. The number of nitrogens with one attached hydrogen (secondary N) is 1. The fourth-order valence-corrected chi connectivity index (χ4v) is 6.71. The summed E-state index contributed by atoms with van der Waals surface area (Å²) in [5, 5.41) is 2.93. The van der Waals surface area contributed by atoms with Crippen LogP contribution in [0.4, 0.5) is 5.69 Å². The Morgan fingerprint density at radius 2 is 1.61 bits per heavy atom. The molecule has 0 aliphatic carbocycles. The zero-order valence-corrected chi connectivity index (χ0v) is 27.7. The van der Waals surface area contributed by atoms with Gasteiger partial charge in [-0.2, -0.15) is 0 Å². The summed E-state index contributed by atoms with van der Waals surface area (Å²) in [6.07, 6.45) is 10.0. The molecule has 49 heavy (non-hydrogen) atoms. The van der Waals surface area contributed by atoms with Crippen molar-refractivity contribution in [3.8, 4) is 23.8 Å². The van der Waals surface area contributed by atoms with Gasteiger partial charge in [0, 0.05) is 50.7 Å². The molecule has 1 N–H and O–H groups in total. The predicted molar refractivity (Wildman–Crippen MR) is 187 cm³/mol. The quantitative estimate of drug-likeness (QED) is 0.127. The molecule has 1 fully saturated rings. The number of ether oxygens (including phenoxy) is 2. The van der Waals surface area contributed by atoms with Crippen LogP contribution in [0.15, 0.2) is 91.3 Å². The largest absolute Gasteiger partial charge is 0.493 e. The standard InChI is InChI=1S/C39H39N5O5/c1-4-31(27-10-6-5-7-11-27)42-22-24-43(25-23-42)33-13-8-12-30-36(33)39(47)44(38(30)46)32(29-15-16-34(48-2)35(26-29)49-3)14-9-19-41-37(45)28-17-20-40-21-18-28/h1,5-8,10-13,15-18,20-21,26,31-32H,9,14,19,22-25H2,2-3H3,(H,41,45)/t31-,32-/m1/s1. The topological polar surface area (TPSA) is 104 Å². The highest BCUT2D eigenvalue weighted by Crippen LogP contribution is 2.40. The fourth-order valence-electron chi connectivity index (χ4n) is 6.71. The first-order chi connectivity index (χ1) is 23.9. The van der Waals surface area contributed by atoms with Crippen molar-refractivity contribution in [3.05, 3.63) is 119 Å². The van der Waals surface area contributed by atoms with Crippen LogP contribution in [0.5, 0.6) is 11.5 Å². The van der Waals surface area contributed by atoms with Crippen LogP contribution in [0.25, 0.3) is 0 Å². The number of terminal acetylenes is 1. The molecule has 3 amide bonds. The molecule has 0 bridgehead atoms. The van der Waals surface area contributed by atoms with Gasteiger partial charge in [0.05, 0.1) is 43.1 Å². The fraction of sp³-hybridized carbons (Fsp3) is 0.282. The van der Waals surface area contributed by atoms with Crippen LogP contribution in [-0.4, -0.2) is 79.4 Å². The summed E-state index contributed by atoms with van der Waals surface area (Å²) in [6.45, 7) is 3.07. The lowest BCUT2D eigenvalue weighted by molar-refractivity contribution is 0.0570. The normalized spacial score (nSPS) is 15.7. The number of rotatable bonds is 12. The summed E-state index contributed by atoms with van der Waals surface area (Å²) in [4.78, 5) is 50.9. The zero-order chi connectivity index (χ0) is 34.3. The SMILES string of the molecule is C#C[C@H](c1ccccc1)N1CCN(c2cccc3c2C(=O)N([C@H](CCCNC(=O)c2ccncc2)c2ccc(OC)c(OC)c2)C3=O)CC1. The van der Waals surface area contributed by atoms with Gasteiger partial charge in [0.1, 0.15) is 0 Å². The van der Waals surface area contributed by atoms with E-state index in [1.165, 1.54) is 4.90 Å². The average Bonchev–Trinajstić information content (AvgIpc) is 3.41. The van der Waals surface area contributed by atoms with E-state index in [1.54, 1.807) is 56.9 Å². The molecule has 2 aliphatic rings. The number of fused-ring (bicyclic) bond motifs is 1. The molecule has 1 aromatic heterocycles. The van der Waals surface area contributed by atoms with Gasteiger partial charge in [0.15, 0.2) is 11.5 Å². The van der Waals surface area contributed by atoms with Crippen LogP contribution in [0, 0.1) is 12.3 Å². The van der Waals surface area contributed by atoms with Gasteiger partial charge < -0.3 is 19.7 Å². The van der Waals surface area contributed by atoms with Gasteiger partial charge in [-0.15, -0.1) is 6.42 Å². The zero-order valence-electron chi connectivity index (χ0n) is 27.7. The lowest BCUT2D eigenvalue weighted by atomic mass is 9.99. The third kappa shape index (κ3) is 6.84. The highest BCUT2D eigenvalue weighted by Gasteiger charge is 2.43. The van der Waals surface area contributed by atoms with E-state index in [4.69, 9.17) is 15.9 Å². The number of pyridine rings is 1. The van der Waals surface area contributed by atoms with Gasteiger partial charge >= 0.3 is 0 Å². The van der Waals surface area contributed by atoms with E-state index in [0.29, 0.717) is 73.8 Å². The Hall–Kier alpha value is -5.66. The number of hydrogen-bond donors (Lipinski definition) is 1. The van der Waals surface area contributed by atoms with Crippen molar-refractivity contribution in [2.45, 2.75) is 24.9 Å². The highest BCUT2D eigenvalue weighted by atomic mass is 16.5. The van der Waals surface area contributed by atoms with Gasteiger partial charge in [-0.1, -0.05) is 48.4 Å². The number of hydrogen-bond acceptors (Lipinski definition) is 8. The van der Waals surface area contributed by atoms with E-state index < -0.39 is 6.04 Å². The van der Waals surface area contributed by atoms with Crippen molar-refractivity contribution in [2.24, 2.45) is 0 Å². The second-order valence-corrected chi connectivity index (χ2v) is 11.9. The minimum absolute atomic E-state index is 0.139. The summed E-state index contributed by atoms with van der Waals surface area (Å²) in [5.74, 6) is 3.07. The maximum absolute atomic E-state index is 14.4. The minimum Gasteiger partial charge on any atom is -0.493 e. The van der Waals surface area contributed by atoms with E-state index in [0.717, 1.165) is 16.8 Å². The first kappa shape index (κ1) is 33.2. The maximum Gasteiger partial charge on any atom is 0.264 e. The summed E-state index contributed by atoms with van der Waals surface area (Å²) < 4.78 is 11.0. The number of imide groups is 1. The predicted octanol–water partition coefficient (Wildman–Crippen LogP) is 5.14. The molecule has 0 unspecified atom stereocenters. The lowest BCUT2D eigenvalue weighted by Crippen LogP contribution is -2.48. The number of piperazine rings is 1. The van der Waals surface area contributed by atoms with E-state index in [-0.39, 0.29) is 23.8 Å². The van der Waals surface area contributed by atoms with Crippen molar-refractivity contribution in [3.63, 3.8) is 0 Å². The Morgan fingerprint density at radius 3 is 2.31 bits per heavy atom. The van der Waals surface area contributed by atoms with Crippen LogP contribution >= 0.6 is 0 Å². The van der Waals surface area contributed by atoms with Gasteiger partial charge in [-0.05, 0) is 60.4 Å². The van der Waals surface area contributed by atoms with E-state index in [1.807, 2.05) is 48.5 Å². The third-order valence-corrected chi connectivity index (χ3v) is 9.20. The molecular weight excluding hydrogens is 618 g/mol. The van der Waals surface area contributed by atoms with Crippen LogP contribution in [-0.2, 0) is 0 Å². The summed E-state index contributed by atoms with van der Waals surface area (Å²) >= 11 is 0. The van der Waals surface area contributed by atoms with Crippen LogP contribution in [0.1, 0.15) is 67.1 Å². The Kier molecular flexibility index (Phi) is 10.2. The molecule has 4 aromatic rings. The molecule has 0 spiro atoms. The second kappa shape index (κ2) is 15.0. The molecule has 1 saturated heterocycles. The first-order valence-corrected chi connectivity index (χ1v) is 16.4. The minimum atomic E-state index is -0.614. The van der Waals surface area contributed by atoms with Crippen LogP contribution in [0.3, 0.4) is 0 Å². The Labute approximate surface area is 286 Å². The van der Waals surface area contributed by atoms with Crippen LogP contribution < -0.4 is 19.7 Å². The first-order valence-electron chi connectivity index (χ1n) is 16.4.